The second kappa shape index (κ2) is 10.5. The predicted molar refractivity (Wildman–Crippen MR) is 172 cm³/mol. The van der Waals surface area contributed by atoms with Crippen molar-refractivity contribution in [3.8, 4) is 39.9 Å². The van der Waals surface area contributed by atoms with E-state index in [0.29, 0.717) is 29.8 Å². The van der Waals surface area contributed by atoms with Crippen molar-refractivity contribution in [2.45, 2.75) is 66.1 Å². The van der Waals surface area contributed by atoms with E-state index in [1.807, 2.05) is 6.07 Å². The SMILES string of the molecule is COc1cc(C2=N[C@@H](C(C)(C)C)CO2)c(-c2c(I)c([Si](C)(C)C)c3c(c2[Si](C)(C)C)OCO3)c(OC)c1OC. The monoisotopic (exact) mass is 683 g/mol. The van der Waals surface area contributed by atoms with E-state index >= 15 is 0 Å². The first-order valence-electron chi connectivity index (χ1n) is 13.3. The average molecular weight is 684 g/mol. The number of ether oxygens (including phenoxy) is 6. The van der Waals surface area contributed by atoms with Crippen LogP contribution in [0.25, 0.3) is 11.1 Å². The summed E-state index contributed by atoms with van der Waals surface area (Å²) in [6, 6.07) is 2.01. The lowest BCUT2D eigenvalue weighted by Crippen LogP contribution is -2.46. The largest absolute Gasteiger partial charge is 0.493 e. The number of hydrogen-bond donors (Lipinski definition) is 0. The minimum atomic E-state index is -2.02. The van der Waals surface area contributed by atoms with E-state index in [1.165, 1.54) is 10.4 Å². The van der Waals surface area contributed by atoms with Crippen LogP contribution in [0.4, 0.5) is 0 Å². The zero-order chi connectivity index (χ0) is 29.1. The fourth-order valence-electron chi connectivity index (χ4n) is 5.26. The highest BCUT2D eigenvalue weighted by Crippen LogP contribution is 2.50. The maximum Gasteiger partial charge on any atom is 0.231 e. The van der Waals surface area contributed by atoms with Crippen molar-refractivity contribution in [1.82, 2.24) is 0 Å². The molecule has 0 saturated heterocycles. The summed E-state index contributed by atoms with van der Waals surface area (Å²) in [4.78, 5) is 5.09. The highest BCUT2D eigenvalue weighted by Gasteiger charge is 2.42. The Morgan fingerprint density at radius 3 is 1.85 bits per heavy atom. The predicted octanol–water partition coefficient (Wildman–Crippen LogP) is 5.99. The van der Waals surface area contributed by atoms with E-state index in [2.05, 4.69) is 82.6 Å². The third kappa shape index (κ3) is 5.28. The summed E-state index contributed by atoms with van der Waals surface area (Å²) in [5.74, 6) is 4.06. The summed E-state index contributed by atoms with van der Waals surface area (Å²) in [5, 5.41) is 2.44. The Kier molecular flexibility index (Phi) is 8.07. The minimum absolute atomic E-state index is 0.0317. The molecule has 2 aliphatic heterocycles. The standard InChI is InChI=1S/C29H42INO6Si2/c1-29(2,3)18-14-35-28(31-18)16-13-17(32-4)22(33-5)23(34-6)19(16)20-21(30)27(39(10,11)12)25-24(36-15-37-25)26(20)38(7,8)9/h13,18H,14-15H2,1-12H3/t18-/m1/s1. The van der Waals surface area contributed by atoms with Gasteiger partial charge in [0.25, 0.3) is 0 Å². The van der Waals surface area contributed by atoms with Crippen LogP contribution in [0.2, 0.25) is 39.3 Å². The second-order valence-electron chi connectivity index (χ2n) is 13.2. The van der Waals surface area contributed by atoms with E-state index in [1.54, 1.807) is 21.3 Å². The molecule has 39 heavy (non-hydrogen) atoms. The van der Waals surface area contributed by atoms with Crippen LogP contribution in [-0.2, 0) is 4.74 Å². The minimum Gasteiger partial charge on any atom is -0.493 e. The molecule has 214 valence electrons. The van der Waals surface area contributed by atoms with Crippen LogP contribution < -0.4 is 34.1 Å². The summed E-state index contributed by atoms with van der Waals surface area (Å²) in [5.41, 5.74) is 2.77. The van der Waals surface area contributed by atoms with Gasteiger partial charge in [0.1, 0.15) is 6.61 Å². The molecule has 0 fully saturated rings. The number of hydrogen-bond acceptors (Lipinski definition) is 7. The van der Waals surface area contributed by atoms with Crippen molar-refractivity contribution in [2.24, 2.45) is 10.4 Å². The Morgan fingerprint density at radius 2 is 1.38 bits per heavy atom. The fourth-order valence-corrected chi connectivity index (χ4v) is 12.2. The van der Waals surface area contributed by atoms with Gasteiger partial charge in [0, 0.05) is 14.7 Å². The summed E-state index contributed by atoms with van der Waals surface area (Å²) < 4.78 is 37.8. The van der Waals surface area contributed by atoms with Crippen molar-refractivity contribution in [1.29, 1.82) is 0 Å². The zero-order valence-corrected chi connectivity index (χ0v) is 29.5. The number of methoxy groups -OCH3 is 3. The Labute approximate surface area is 248 Å². The van der Waals surface area contributed by atoms with E-state index in [-0.39, 0.29) is 18.2 Å². The molecule has 2 aromatic rings. The van der Waals surface area contributed by atoms with E-state index in [9.17, 15) is 0 Å². The van der Waals surface area contributed by atoms with Crippen molar-refractivity contribution < 1.29 is 28.4 Å². The Hall–Kier alpha value is -1.93. The molecule has 0 spiro atoms. The highest BCUT2D eigenvalue weighted by molar-refractivity contribution is 14.1. The first-order chi connectivity index (χ1) is 18.1. The summed E-state index contributed by atoms with van der Waals surface area (Å²) in [6.07, 6.45) is 0. The molecule has 2 aromatic carbocycles. The lowest BCUT2D eigenvalue weighted by molar-refractivity contribution is 0.175. The molecule has 2 aliphatic rings. The molecule has 0 radical (unpaired) electrons. The van der Waals surface area contributed by atoms with Gasteiger partial charge in [-0.1, -0.05) is 60.1 Å². The Balaban J connectivity index is 2.24. The maximum atomic E-state index is 6.33. The lowest BCUT2D eigenvalue weighted by Gasteiger charge is -2.31. The molecular formula is C29H42INO6Si2. The molecule has 4 rings (SSSR count). The number of halogens is 1. The number of benzene rings is 2. The van der Waals surface area contributed by atoms with Crippen LogP contribution in [0.15, 0.2) is 11.1 Å². The molecule has 0 N–H and O–H groups in total. The van der Waals surface area contributed by atoms with Crippen LogP contribution in [0.3, 0.4) is 0 Å². The van der Waals surface area contributed by atoms with Crippen LogP contribution in [0.1, 0.15) is 26.3 Å². The number of fused-ring (bicyclic) bond motifs is 1. The molecule has 1 atom stereocenters. The van der Waals surface area contributed by atoms with Crippen LogP contribution in [-0.4, -0.2) is 62.8 Å². The molecular weight excluding hydrogens is 641 g/mol. The zero-order valence-electron chi connectivity index (χ0n) is 25.3. The van der Waals surface area contributed by atoms with Gasteiger partial charge < -0.3 is 28.4 Å². The first-order valence-corrected chi connectivity index (χ1v) is 21.3. The lowest BCUT2D eigenvalue weighted by atomic mass is 9.88. The van der Waals surface area contributed by atoms with Crippen LogP contribution in [0.5, 0.6) is 28.7 Å². The van der Waals surface area contributed by atoms with Crippen LogP contribution in [0, 0.1) is 8.99 Å². The summed E-state index contributed by atoms with van der Waals surface area (Å²) in [7, 11) is 1.04. The Morgan fingerprint density at radius 1 is 0.821 bits per heavy atom. The molecule has 7 nitrogen and oxygen atoms in total. The number of rotatable bonds is 7. The van der Waals surface area contributed by atoms with Gasteiger partial charge in [-0.2, -0.15) is 0 Å². The van der Waals surface area contributed by atoms with Gasteiger partial charge in [-0.15, -0.1) is 0 Å². The third-order valence-corrected chi connectivity index (χ3v) is 12.8. The van der Waals surface area contributed by atoms with Crippen molar-refractivity contribution >= 4 is 55.0 Å². The van der Waals surface area contributed by atoms with Crippen LogP contribution >= 0.6 is 22.6 Å². The molecule has 10 heteroatoms. The average Bonchev–Trinajstić information content (AvgIpc) is 3.50. The van der Waals surface area contributed by atoms with E-state index in [4.69, 9.17) is 33.4 Å². The topological polar surface area (TPSA) is 67.7 Å². The number of aliphatic imine (C=N–C) groups is 1. The van der Waals surface area contributed by atoms with Gasteiger partial charge in [-0.25, -0.2) is 4.99 Å². The smallest absolute Gasteiger partial charge is 0.231 e. The molecule has 2 heterocycles. The molecule has 0 amide bonds. The molecule has 0 bridgehead atoms. The molecule has 0 saturated carbocycles. The van der Waals surface area contributed by atoms with Crippen molar-refractivity contribution in [3.05, 3.63) is 15.2 Å². The van der Waals surface area contributed by atoms with Gasteiger partial charge in [-0.3, -0.25) is 0 Å². The van der Waals surface area contributed by atoms with Gasteiger partial charge in [0.2, 0.25) is 18.4 Å². The maximum absolute atomic E-state index is 6.33. The Bertz CT molecular complexity index is 1320. The van der Waals surface area contributed by atoms with Crippen molar-refractivity contribution in [2.75, 3.05) is 34.7 Å². The third-order valence-electron chi connectivity index (χ3n) is 7.22. The van der Waals surface area contributed by atoms with E-state index < -0.39 is 16.1 Å². The molecule has 0 aliphatic carbocycles. The van der Waals surface area contributed by atoms with Gasteiger partial charge >= 0.3 is 0 Å². The summed E-state index contributed by atoms with van der Waals surface area (Å²) >= 11 is 2.51. The quantitative estimate of drug-likeness (QED) is 0.264. The van der Waals surface area contributed by atoms with E-state index in [0.717, 1.165) is 31.8 Å². The molecule has 0 aromatic heterocycles. The normalized spacial score (nSPS) is 17.2. The fraction of sp³-hybridized carbons (Fsp3) is 0.552. The molecule has 0 unspecified atom stereocenters. The van der Waals surface area contributed by atoms with Gasteiger partial charge in [0.05, 0.1) is 49.1 Å². The summed E-state index contributed by atoms with van der Waals surface area (Å²) in [6.45, 7) is 21.4. The first kappa shape index (κ1) is 30.0. The second-order valence-corrected chi connectivity index (χ2v) is 24.3. The van der Waals surface area contributed by atoms with Gasteiger partial charge in [-0.05, 0) is 44.4 Å². The number of nitrogens with zero attached hydrogens (tertiary/aromatic N) is 1. The van der Waals surface area contributed by atoms with Crippen molar-refractivity contribution in [3.63, 3.8) is 0 Å². The highest BCUT2D eigenvalue weighted by atomic mass is 127. The van der Waals surface area contributed by atoms with Gasteiger partial charge in [0.15, 0.2) is 23.0 Å².